The number of aromatic nitrogens is 2. The molecule has 1 saturated heterocycles. The van der Waals surface area contributed by atoms with Crippen LogP contribution in [0.25, 0.3) is 17.1 Å². The van der Waals surface area contributed by atoms with Gasteiger partial charge in [-0.15, -0.1) is 0 Å². The molecule has 3 rings (SSSR count). The van der Waals surface area contributed by atoms with Crippen molar-refractivity contribution in [3.63, 3.8) is 0 Å². The fourth-order valence-corrected chi connectivity index (χ4v) is 3.94. The van der Waals surface area contributed by atoms with Gasteiger partial charge in [0.25, 0.3) is 5.91 Å². The van der Waals surface area contributed by atoms with Crippen LogP contribution in [0.2, 0.25) is 0 Å². The maximum absolute atomic E-state index is 11.1. The monoisotopic (exact) mass is 356 g/mol. The van der Waals surface area contributed by atoms with Crippen LogP contribution >= 0.6 is 0 Å². The minimum atomic E-state index is -0.545. The molecule has 6 nitrogen and oxygen atoms in total. The Kier molecular flexibility index (Phi) is 5.44. The van der Waals surface area contributed by atoms with Crippen molar-refractivity contribution in [2.75, 3.05) is 13.1 Å². The molecule has 0 saturated carbocycles. The highest BCUT2D eigenvalue weighted by Crippen LogP contribution is 2.32. The number of hydrogen-bond acceptors (Lipinski definition) is 4. The fourth-order valence-electron chi connectivity index (χ4n) is 3.94. The van der Waals surface area contributed by atoms with Gasteiger partial charge < -0.3 is 4.57 Å². The summed E-state index contributed by atoms with van der Waals surface area (Å²) in [6, 6.07) is 6.42. The molecule has 0 spiro atoms. The number of hydrogen-bond donors (Lipinski definition) is 2. The number of imidazole rings is 1. The largest absolute Gasteiger partial charge is 0.326 e. The maximum atomic E-state index is 11.1. The van der Waals surface area contributed by atoms with E-state index in [9.17, 15) is 4.79 Å². The van der Waals surface area contributed by atoms with Gasteiger partial charge in [-0.25, -0.2) is 10.5 Å². The van der Waals surface area contributed by atoms with Crippen LogP contribution < -0.4 is 5.48 Å². The number of fused-ring (bicyclic) bond motifs is 1. The lowest BCUT2D eigenvalue weighted by molar-refractivity contribution is -0.124. The van der Waals surface area contributed by atoms with Crippen molar-refractivity contribution >= 4 is 23.0 Å². The highest BCUT2D eigenvalue weighted by Gasteiger charge is 2.33. The molecule has 26 heavy (non-hydrogen) atoms. The van der Waals surface area contributed by atoms with Gasteiger partial charge in [0.05, 0.1) is 17.4 Å². The molecular weight excluding hydrogens is 328 g/mol. The predicted octanol–water partition coefficient (Wildman–Crippen LogP) is 3.38. The summed E-state index contributed by atoms with van der Waals surface area (Å²) in [4.78, 5) is 18.3. The molecule has 1 aromatic heterocycles. The number of rotatable bonds is 6. The van der Waals surface area contributed by atoms with Crippen molar-refractivity contribution in [1.82, 2.24) is 19.9 Å². The summed E-state index contributed by atoms with van der Waals surface area (Å²) < 4.78 is 2.28. The Hall–Kier alpha value is -2.18. The quantitative estimate of drug-likeness (QED) is 0.473. The van der Waals surface area contributed by atoms with Crippen molar-refractivity contribution < 1.29 is 10.0 Å². The summed E-state index contributed by atoms with van der Waals surface area (Å²) >= 11 is 0. The SMILES string of the molecule is CCCC(C)(C)N1CCC(n2cnc3cc(C=CC(=O)NO)ccc32)C1. The number of amides is 1. The van der Waals surface area contributed by atoms with Crippen LogP contribution in [0.4, 0.5) is 0 Å². The summed E-state index contributed by atoms with van der Waals surface area (Å²) in [5, 5.41) is 8.55. The third kappa shape index (κ3) is 3.81. The van der Waals surface area contributed by atoms with Crippen LogP contribution in [0.15, 0.2) is 30.6 Å². The molecule has 1 atom stereocenters. The zero-order chi connectivity index (χ0) is 18.7. The Bertz CT molecular complexity index is 809. The Morgan fingerprint density at radius 2 is 2.27 bits per heavy atom. The number of nitrogens with zero attached hydrogens (tertiary/aromatic N) is 3. The summed E-state index contributed by atoms with van der Waals surface area (Å²) in [5.41, 5.74) is 4.75. The molecule has 1 aromatic carbocycles. The van der Waals surface area contributed by atoms with E-state index < -0.39 is 5.91 Å². The van der Waals surface area contributed by atoms with Crippen molar-refractivity contribution in [3.05, 3.63) is 36.2 Å². The van der Waals surface area contributed by atoms with Gasteiger partial charge in [0.1, 0.15) is 0 Å². The maximum Gasteiger partial charge on any atom is 0.267 e. The molecule has 1 amide bonds. The van der Waals surface area contributed by atoms with E-state index in [2.05, 4.69) is 41.3 Å². The van der Waals surface area contributed by atoms with E-state index in [4.69, 9.17) is 5.21 Å². The van der Waals surface area contributed by atoms with E-state index in [0.717, 1.165) is 36.1 Å². The van der Waals surface area contributed by atoms with Crippen LogP contribution in [-0.2, 0) is 4.79 Å². The number of carbonyl (C=O) groups is 1. The average molecular weight is 356 g/mol. The number of carbonyl (C=O) groups excluding carboxylic acids is 1. The first-order chi connectivity index (χ1) is 12.4. The Morgan fingerprint density at radius 3 is 3.00 bits per heavy atom. The number of benzene rings is 1. The molecule has 0 aliphatic carbocycles. The van der Waals surface area contributed by atoms with E-state index >= 15 is 0 Å². The predicted molar refractivity (Wildman–Crippen MR) is 103 cm³/mol. The molecule has 2 N–H and O–H groups in total. The molecule has 6 heteroatoms. The van der Waals surface area contributed by atoms with Gasteiger partial charge in [-0.05, 0) is 50.5 Å². The molecule has 140 valence electrons. The van der Waals surface area contributed by atoms with Crippen molar-refractivity contribution in [3.8, 4) is 0 Å². The highest BCUT2D eigenvalue weighted by molar-refractivity contribution is 5.91. The molecular formula is C20H28N4O2. The van der Waals surface area contributed by atoms with Crippen molar-refractivity contribution in [2.24, 2.45) is 0 Å². The topological polar surface area (TPSA) is 70.4 Å². The van der Waals surface area contributed by atoms with Gasteiger partial charge in [-0.1, -0.05) is 19.4 Å². The van der Waals surface area contributed by atoms with Gasteiger partial charge in [-0.3, -0.25) is 14.9 Å². The molecule has 1 aliphatic rings. The minimum Gasteiger partial charge on any atom is -0.326 e. The minimum absolute atomic E-state index is 0.241. The second kappa shape index (κ2) is 7.60. The Labute approximate surface area is 154 Å². The van der Waals surface area contributed by atoms with Gasteiger partial charge in [-0.2, -0.15) is 0 Å². The van der Waals surface area contributed by atoms with Crippen LogP contribution in [0.3, 0.4) is 0 Å². The smallest absolute Gasteiger partial charge is 0.267 e. The van der Waals surface area contributed by atoms with Gasteiger partial charge >= 0.3 is 0 Å². The third-order valence-electron chi connectivity index (χ3n) is 5.41. The second-order valence-electron chi connectivity index (χ2n) is 7.66. The lowest BCUT2D eigenvalue weighted by Crippen LogP contribution is -2.42. The molecule has 1 fully saturated rings. The summed E-state index contributed by atoms with van der Waals surface area (Å²) in [5.74, 6) is -0.545. The van der Waals surface area contributed by atoms with E-state index in [1.54, 1.807) is 11.6 Å². The van der Waals surface area contributed by atoms with Crippen LogP contribution in [-0.4, -0.2) is 44.2 Å². The third-order valence-corrected chi connectivity index (χ3v) is 5.41. The average Bonchev–Trinajstić information content (AvgIpc) is 3.26. The van der Waals surface area contributed by atoms with E-state index in [0.29, 0.717) is 6.04 Å². The first kappa shape index (κ1) is 18.6. The second-order valence-corrected chi connectivity index (χ2v) is 7.66. The summed E-state index contributed by atoms with van der Waals surface area (Å²) in [6.45, 7) is 9.10. The first-order valence-corrected chi connectivity index (χ1v) is 9.28. The van der Waals surface area contributed by atoms with Crippen LogP contribution in [0, 0.1) is 0 Å². The molecule has 0 bridgehead atoms. The Balaban J connectivity index is 1.78. The van der Waals surface area contributed by atoms with Crippen LogP contribution in [0.1, 0.15) is 51.6 Å². The van der Waals surface area contributed by atoms with Gasteiger partial charge in [0.15, 0.2) is 0 Å². The lowest BCUT2D eigenvalue weighted by Gasteiger charge is -2.35. The van der Waals surface area contributed by atoms with E-state index in [1.807, 2.05) is 18.5 Å². The number of likely N-dealkylation sites (tertiary alicyclic amines) is 1. The van der Waals surface area contributed by atoms with Crippen molar-refractivity contribution in [1.29, 1.82) is 0 Å². The standard InChI is InChI=1S/C20H28N4O2/c1-4-10-20(2,3)23-11-9-16(13-23)24-14-21-17-12-15(5-7-18(17)24)6-8-19(25)22-26/h5-8,12,14,16,26H,4,9-11,13H2,1-3H3,(H,22,25). The Morgan fingerprint density at radius 1 is 1.46 bits per heavy atom. The molecule has 1 unspecified atom stereocenters. The fraction of sp³-hybridized carbons (Fsp3) is 0.500. The zero-order valence-corrected chi connectivity index (χ0v) is 15.8. The van der Waals surface area contributed by atoms with E-state index in [-0.39, 0.29) is 5.54 Å². The highest BCUT2D eigenvalue weighted by atomic mass is 16.5. The van der Waals surface area contributed by atoms with Gasteiger partial charge in [0, 0.05) is 30.7 Å². The summed E-state index contributed by atoms with van der Waals surface area (Å²) in [6.07, 6.45) is 8.43. The molecule has 1 aliphatic heterocycles. The van der Waals surface area contributed by atoms with E-state index in [1.165, 1.54) is 18.9 Å². The van der Waals surface area contributed by atoms with Crippen LogP contribution in [0.5, 0.6) is 0 Å². The lowest BCUT2D eigenvalue weighted by atomic mass is 9.97. The molecule has 0 radical (unpaired) electrons. The van der Waals surface area contributed by atoms with Gasteiger partial charge in [0.2, 0.25) is 0 Å². The molecule has 2 heterocycles. The number of hydroxylamine groups is 1. The normalized spacial score (nSPS) is 18.8. The summed E-state index contributed by atoms with van der Waals surface area (Å²) in [7, 11) is 0. The number of nitrogens with one attached hydrogen (secondary N) is 1. The zero-order valence-electron chi connectivity index (χ0n) is 15.8. The molecule has 2 aromatic rings. The first-order valence-electron chi connectivity index (χ1n) is 9.28. The van der Waals surface area contributed by atoms with Crippen molar-refractivity contribution in [2.45, 2.75) is 51.6 Å².